The molecule has 2 heterocycles. The summed E-state index contributed by atoms with van der Waals surface area (Å²) in [6, 6.07) is 14.9. The van der Waals surface area contributed by atoms with Crippen molar-refractivity contribution in [2.75, 3.05) is 5.32 Å². The van der Waals surface area contributed by atoms with E-state index in [1.165, 1.54) is 11.8 Å². The van der Waals surface area contributed by atoms with Crippen molar-refractivity contribution in [2.45, 2.75) is 45.4 Å². The average molecular weight is 435 g/mol. The Bertz CT molecular complexity index is 1090. The first-order chi connectivity index (χ1) is 14.9. The minimum Gasteiger partial charge on any atom is -0.325 e. The van der Waals surface area contributed by atoms with E-state index >= 15 is 0 Å². The first-order valence-electron chi connectivity index (χ1n) is 10.5. The number of carbonyl (C=O) groups excluding carboxylic acids is 2. The molecule has 2 aromatic rings. The number of nitrogens with zero attached hydrogens (tertiary/aromatic N) is 3. The minimum absolute atomic E-state index is 0.0790. The van der Waals surface area contributed by atoms with E-state index in [-0.39, 0.29) is 17.7 Å². The van der Waals surface area contributed by atoms with Gasteiger partial charge in [0.2, 0.25) is 5.91 Å². The van der Waals surface area contributed by atoms with Crippen molar-refractivity contribution in [1.29, 1.82) is 0 Å². The smallest absolute Gasteiger partial charge is 0.259 e. The fourth-order valence-corrected chi connectivity index (χ4v) is 4.68. The van der Waals surface area contributed by atoms with E-state index in [2.05, 4.69) is 5.32 Å². The zero-order chi connectivity index (χ0) is 22.1. The van der Waals surface area contributed by atoms with Crippen LogP contribution in [0, 0.1) is 12.8 Å². The highest BCUT2D eigenvalue weighted by Crippen LogP contribution is 2.36. The maximum Gasteiger partial charge on any atom is 0.259 e. The van der Waals surface area contributed by atoms with Gasteiger partial charge in [0.1, 0.15) is 11.9 Å². The Hall–Kier alpha value is -2.93. The number of fused-ring (bicyclic) bond motifs is 3. The lowest BCUT2D eigenvalue weighted by atomic mass is 10.1. The van der Waals surface area contributed by atoms with Crippen molar-refractivity contribution in [3.8, 4) is 0 Å². The number of benzene rings is 2. The van der Waals surface area contributed by atoms with Gasteiger partial charge < -0.3 is 5.32 Å². The molecule has 6 nitrogen and oxygen atoms in total. The molecule has 2 atom stereocenters. The van der Waals surface area contributed by atoms with E-state index in [0.717, 1.165) is 22.5 Å². The molecule has 160 valence electrons. The summed E-state index contributed by atoms with van der Waals surface area (Å²) < 4.78 is 0. The Balaban J connectivity index is 1.64. The predicted octanol–water partition coefficient (Wildman–Crippen LogP) is 4.76. The zero-order valence-corrected chi connectivity index (χ0v) is 18.9. The topological polar surface area (TPSA) is 74.1 Å². The van der Waals surface area contributed by atoms with E-state index in [9.17, 15) is 9.59 Å². The number of para-hydroxylation sites is 2. The van der Waals surface area contributed by atoms with Gasteiger partial charge in [0.15, 0.2) is 5.17 Å². The van der Waals surface area contributed by atoms with Gasteiger partial charge in [0.05, 0.1) is 10.9 Å². The summed E-state index contributed by atoms with van der Waals surface area (Å²) in [5, 5.41) is 3.14. The van der Waals surface area contributed by atoms with Gasteiger partial charge in [-0.2, -0.15) is 0 Å². The number of rotatable bonds is 5. The van der Waals surface area contributed by atoms with Crippen LogP contribution >= 0.6 is 11.8 Å². The number of amidine groups is 2. The Morgan fingerprint density at radius 3 is 2.58 bits per heavy atom. The predicted molar refractivity (Wildman–Crippen MR) is 127 cm³/mol. The number of nitrogens with one attached hydrogen (secondary N) is 1. The van der Waals surface area contributed by atoms with Crippen molar-refractivity contribution in [1.82, 2.24) is 4.90 Å². The molecular formula is C24H26N4O2S. The van der Waals surface area contributed by atoms with Gasteiger partial charge in [-0.25, -0.2) is 9.89 Å². The lowest BCUT2D eigenvalue weighted by molar-refractivity contribution is -0.125. The van der Waals surface area contributed by atoms with E-state index in [1.54, 1.807) is 4.90 Å². The van der Waals surface area contributed by atoms with Crippen molar-refractivity contribution >= 4 is 46.0 Å². The van der Waals surface area contributed by atoms with Gasteiger partial charge in [0, 0.05) is 11.3 Å². The van der Waals surface area contributed by atoms with Crippen LogP contribution < -0.4 is 5.32 Å². The fraction of sp³-hybridized carbons (Fsp3) is 0.333. The molecule has 2 aliphatic rings. The minimum atomic E-state index is -0.437. The summed E-state index contributed by atoms with van der Waals surface area (Å²) in [7, 11) is 0. The van der Waals surface area contributed by atoms with E-state index in [0.29, 0.717) is 17.4 Å². The fourth-order valence-electron chi connectivity index (χ4n) is 3.66. The van der Waals surface area contributed by atoms with Crippen LogP contribution in [0.2, 0.25) is 0 Å². The molecule has 0 aliphatic carbocycles. The standard InChI is InChI=1S/C24H26N4O2S/c1-5-19(22(29)25-17-12-8-6-10-15(17)4)31-24-26-18-13-9-7-11-16(18)21-27-20(14(2)3)23(30)28(21)24/h6-14,19-20H,5H2,1-4H3,(H,25,29)/t19-,20+/m1/s1. The van der Waals surface area contributed by atoms with E-state index in [1.807, 2.05) is 76.2 Å². The Kier molecular flexibility index (Phi) is 5.96. The van der Waals surface area contributed by atoms with Gasteiger partial charge in [-0.15, -0.1) is 0 Å². The van der Waals surface area contributed by atoms with Crippen LogP contribution in [-0.4, -0.2) is 39.0 Å². The summed E-state index contributed by atoms with van der Waals surface area (Å²) in [6.07, 6.45) is 0.602. The number of carbonyl (C=O) groups is 2. The molecule has 0 spiro atoms. The Morgan fingerprint density at radius 1 is 1.16 bits per heavy atom. The lowest BCUT2D eigenvalue weighted by Gasteiger charge is -2.27. The van der Waals surface area contributed by atoms with Crippen molar-refractivity contribution < 1.29 is 9.59 Å². The zero-order valence-electron chi connectivity index (χ0n) is 18.1. The summed E-state index contributed by atoms with van der Waals surface area (Å²) >= 11 is 1.32. The number of aryl methyl sites for hydroxylation is 1. The first kappa shape index (κ1) is 21.3. The molecular weight excluding hydrogens is 408 g/mol. The third-order valence-electron chi connectivity index (χ3n) is 5.44. The molecule has 31 heavy (non-hydrogen) atoms. The van der Waals surface area contributed by atoms with Gasteiger partial charge in [-0.1, -0.05) is 62.9 Å². The maximum atomic E-state index is 13.2. The second kappa shape index (κ2) is 8.67. The van der Waals surface area contributed by atoms with Crippen molar-refractivity contribution in [2.24, 2.45) is 15.9 Å². The average Bonchev–Trinajstić information content (AvgIpc) is 3.11. The van der Waals surface area contributed by atoms with Crippen LogP contribution in [0.3, 0.4) is 0 Å². The van der Waals surface area contributed by atoms with E-state index < -0.39 is 11.3 Å². The second-order valence-corrected chi connectivity index (χ2v) is 9.22. The normalized spacial score (nSPS) is 18.3. The number of hydrogen-bond donors (Lipinski definition) is 1. The molecule has 0 bridgehead atoms. The lowest BCUT2D eigenvalue weighted by Crippen LogP contribution is -2.43. The monoisotopic (exact) mass is 434 g/mol. The number of aliphatic imine (C=N–C) groups is 2. The van der Waals surface area contributed by atoms with Gasteiger partial charge in [0.25, 0.3) is 5.91 Å². The molecule has 2 aromatic carbocycles. The SMILES string of the molecule is CC[C@@H](SC1=Nc2ccccc2C2=N[C@@H](C(C)C)C(=O)N12)C(=O)Nc1ccccc1C. The van der Waals surface area contributed by atoms with E-state index in [4.69, 9.17) is 9.98 Å². The quantitative estimate of drug-likeness (QED) is 0.737. The first-order valence-corrected chi connectivity index (χ1v) is 11.4. The number of thioether (sulfide) groups is 1. The molecule has 7 heteroatoms. The maximum absolute atomic E-state index is 13.2. The highest BCUT2D eigenvalue weighted by atomic mass is 32.2. The molecule has 0 aromatic heterocycles. The van der Waals surface area contributed by atoms with Crippen LogP contribution in [0.1, 0.15) is 38.3 Å². The summed E-state index contributed by atoms with van der Waals surface area (Å²) in [5.74, 6) is 0.523. The highest BCUT2D eigenvalue weighted by molar-refractivity contribution is 8.15. The van der Waals surface area contributed by atoms with Crippen LogP contribution in [0.25, 0.3) is 0 Å². The second-order valence-electron chi connectivity index (χ2n) is 8.05. The van der Waals surface area contributed by atoms with Crippen molar-refractivity contribution in [3.63, 3.8) is 0 Å². The number of anilines is 1. The summed E-state index contributed by atoms with van der Waals surface area (Å²) in [5.41, 5.74) is 3.41. The molecule has 4 rings (SSSR count). The third-order valence-corrected chi connectivity index (χ3v) is 6.76. The molecule has 0 saturated carbocycles. The molecule has 0 saturated heterocycles. The van der Waals surface area contributed by atoms with Crippen LogP contribution in [0.15, 0.2) is 58.5 Å². The molecule has 0 radical (unpaired) electrons. The molecule has 0 unspecified atom stereocenters. The highest BCUT2D eigenvalue weighted by Gasteiger charge is 2.43. The van der Waals surface area contributed by atoms with Crippen molar-refractivity contribution in [3.05, 3.63) is 59.7 Å². The molecule has 2 amide bonds. The van der Waals surface area contributed by atoms with Crippen LogP contribution in [-0.2, 0) is 9.59 Å². The number of hydrogen-bond acceptors (Lipinski definition) is 5. The summed E-state index contributed by atoms with van der Waals surface area (Å²) in [4.78, 5) is 37.3. The molecule has 2 aliphatic heterocycles. The Labute approximate surface area is 186 Å². The molecule has 0 fully saturated rings. The third kappa shape index (κ3) is 4.02. The van der Waals surface area contributed by atoms with Gasteiger partial charge in [-0.05, 0) is 43.0 Å². The van der Waals surface area contributed by atoms with Crippen LogP contribution in [0.4, 0.5) is 11.4 Å². The van der Waals surface area contributed by atoms with Crippen LogP contribution in [0.5, 0.6) is 0 Å². The largest absolute Gasteiger partial charge is 0.325 e. The summed E-state index contributed by atoms with van der Waals surface area (Å²) in [6.45, 7) is 7.91. The number of amides is 2. The van der Waals surface area contributed by atoms with Gasteiger partial charge >= 0.3 is 0 Å². The Morgan fingerprint density at radius 2 is 1.87 bits per heavy atom. The molecule has 1 N–H and O–H groups in total. The van der Waals surface area contributed by atoms with Gasteiger partial charge in [-0.3, -0.25) is 14.6 Å².